The second kappa shape index (κ2) is 5.07. The van der Waals surface area contributed by atoms with Gasteiger partial charge in [0.05, 0.1) is 24.0 Å². The van der Waals surface area contributed by atoms with Crippen LogP contribution in [0.2, 0.25) is 0 Å². The standard InChI is InChI=1S/C16H15N3OS/c20-16-14-12-6-1-2-7-13(12)21-15(14)18-10-19(16)9-11-5-3-4-8-17-11/h3-5,8,10H,1-2,6-7,9H2. The zero-order valence-electron chi connectivity index (χ0n) is 11.6. The zero-order valence-corrected chi connectivity index (χ0v) is 12.4. The van der Waals surface area contributed by atoms with Crippen molar-refractivity contribution in [3.05, 3.63) is 57.2 Å². The number of thiophene rings is 1. The van der Waals surface area contributed by atoms with Crippen molar-refractivity contribution in [2.75, 3.05) is 0 Å². The molecule has 1 aliphatic rings. The van der Waals surface area contributed by atoms with Gasteiger partial charge >= 0.3 is 0 Å². The third kappa shape index (κ3) is 2.17. The van der Waals surface area contributed by atoms with Crippen LogP contribution >= 0.6 is 11.3 Å². The molecule has 0 radical (unpaired) electrons. The molecule has 106 valence electrons. The highest BCUT2D eigenvalue weighted by Gasteiger charge is 2.19. The lowest BCUT2D eigenvalue weighted by atomic mass is 9.97. The number of hydrogen-bond donors (Lipinski definition) is 0. The minimum atomic E-state index is 0.0741. The van der Waals surface area contributed by atoms with E-state index < -0.39 is 0 Å². The molecule has 3 aromatic heterocycles. The van der Waals surface area contributed by atoms with Gasteiger partial charge in [-0.25, -0.2) is 4.98 Å². The maximum atomic E-state index is 12.8. The molecule has 0 aromatic carbocycles. The van der Waals surface area contributed by atoms with Crippen molar-refractivity contribution in [3.8, 4) is 0 Å². The van der Waals surface area contributed by atoms with Gasteiger partial charge in [-0.1, -0.05) is 6.07 Å². The first kappa shape index (κ1) is 12.7. The van der Waals surface area contributed by atoms with Crippen LogP contribution in [0.15, 0.2) is 35.5 Å². The fourth-order valence-electron chi connectivity index (χ4n) is 2.96. The van der Waals surface area contributed by atoms with Gasteiger partial charge in [0.25, 0.3) is 5.56 Å². The predicted molar refractivity (Wildman–Crippen MR) is 83.9 cm³/mol. The summed E-state index contributed by atoms with van der Waals surface area (Å²) >= 11 is 1.69. The van der Waals surface area contributed by atoms with Crippen molar-refractivity contribution < 1.29 is 0 Å². The fraction of sp³-hybridized carbons (Fsp3) is 0.312. The Morgan fingerprint density at radius 3 is 2.95 bits per heavy atom. The molecule has 1 aliphatic carbocycles. The first-order valence-electron chi connectivity index (χ1n) is 7.22. The Hall–Kier alpha value is -2.01. The summed E-state index contributed by atoms with van der Waals surface area (Å²) in [5, 5.41) is 0.841. The lowest BCUT2D eigenvalue weighted by Gasteiger charge is -2.10. The normalized spacial score (nSPS) is 14.3. The van der Waals surface area contributed by atoms with E-state index in [1.54, 1.807) is 28.4 Å². The van der Waals surface area contributed by atoms with Crippen molar-refractivity contribution in [2.45, 2.75) is 32.2 Å². The molecule has 4 rings (SSSR count). The fourth-order valence-corrected chi connectivity index (χ4v) is 4.18. The van der Waals surface area contributed by atoms with Gasteiger partial charge in [-0.2, -0.15) is 0 Å². The van der Waals surface area contributed by atoms with Crippen LogP contribution in [0.4, 0.5) is 0 Å². The van der Waals surface area contributed by atoms with Gasteiger partial charge in [0.2, 0.25) is 0 Å². The van der Waals surface area contributed by atoms with Gasteiger partial charge in [0.1, 0.15) is 4.83 Å². The largest absolute Gasteiger partial charge is 0.293 e. The third-order valence-corrected chi connectivity index (χ3v) is 5.20. The first-order valence-corrected chi connectivity index (χ1v) is 8.04. The Bertz CT molecular complexity index is 851. The Morgan fingerprint density at radius 2 is 2.10 bits per heavy atom. The molecule has 0 spiro atoms. The van der Waals surface area contributed by atoms with Crippen molar-refractivity contribution in [3.63, 3.8) is 0 Å². The molecule has 0 unspecified atom stereocenters. The van der Waals surface area contributed by atoms with Crippen LogP contribution in [0.25, 0.3) is 10.2 Å². The molecule has 0 aliphatic heterocycles. The summed E-state index contributed by atoms with van der Waals surface area (Å²) in [5.74, 6) is 0. The molecule has 21 heavy (non-hydrogen) atoms. The first-order chi connectivity index (χ1) is 10.3. The Labute approximate surface area is 126 Å². The summed E-state index contributed by atoms with van der Waals surface area (Å²) in [5.41, 5.74) is 2.20. The Balaban J connectivity index is 1.84. The van der Waals surface area contributed by atoms with Crippen molar-refractivity contribution in [1.29, 1.82) is 0 Å². The van der Waals surface area contributed by atoms with E-state index in [1.807, 2.05) is 18.2 Å². The van der Waals surface area contributed by atoms with Crippen LogP contribution in [0.3, 0.4) is 0 Å². The summed E-state index contributed by atoms with van der Waals surface area (Å²) < 4.78 is 1.67. The van der Waals surface area contributed by atoms with E-state index in [-0.39, 0.29) is 5.56 Å². The summed E-state index contributed by atoms with van der Waals surface area (Å²) in [6.45, 7) is 0.479. The lowest BCUT2D eigenvalue weighted by molar-refractivity contribution is 0.696. The molecule has 0 N–H and O–H groups in total. The van der Waals surface area contributed by atoms with Gasteiger partial charge in [0, 0.05) is 11.1 Å². The average molecular weight is 297 g/mol. The Morgan fingerprint density at radius 1 is 1.19 bits per heavy atom. The number of pyridine rings is 1. The Kier molecular flexibility index (Phi) is 3.07. The molecular weight excluding hydrogens is 282 g/mol. The summed E-state index contributed by atoms with van der Waals surface area (Å²) in [4.78, 5) is 23.8. The number of hydrogen-bond acceptors (Lipinski definition) is 4. The highest BCUT2D eigenvalue weighted by atomic mass is 32.1. The topological polar surface area (TPSA) is 47.8 Å². The van der Waals surface area contributed by atoms with E-state index in [4.69, 9.17) is 0 Å². The zero-order chi connectivity index (χ0) is 14.2. The monoisotopic (exact) mass is 297 g/mol. The molecule has 0 bridgehead atoms. The molecule has 3 heterocycles. The minimum Gasteiger partial charge on any atom is -0.293 e. The third-order valence-electron chi connectivity index (χ3n) is 4.00. The van der Waals surface area contributed by atoms with Crippen LogP contribution in [0.5, 0.6) is 0 Å². The van der Waals surface area contributed by atoms with Crippen molar-refractivity contribution >= 4 is 21.6 Å². The van der Waals surface area contributed by atoms with Crippen LogP contribution in [0, 0.1) is 0 Å². The second-order valence-electron chi connectivity index (χ2n) is 5.39. The molecular formula is C16H15N3OS. The van der Waals surface area contributed by atoms with Crippen LogP contribution < -0.4 is 5.56 Å². The second-order valence-corrected chi connectivity index (χ2v) is 6.47. The molecule has 0 saturated heterocycles. The maximum Gasteiger partial charge on any atom is 0.262 e. The van der Waals surface area contributed by atoms with Crippen LogP contribution in [0.1, 0.15) is 29.0 Å². The van der Waals surface area contributed by atoms with E-state index >= 15 is 0 Å². The number of aryl methyl sites for hydroxylation is 2. The SMILES string of the molecule is O=c1c2c3c(sc2ncn1Cc1ccccn1)CCCC3. The molecule has 0 atom stereocenters. The summed E-state index contributed by atoms with van der Waals surface area (Å²) in [7, 11) is 0. The van der Waals surface area contributed by atoms with Gasteiger partial charge in [-0.15, -0.1) is 11.3 Å². The molecule has 0 saturated carbocycles. The van der Waals surface area contributed by atoms with Gasteiger partial charge < -0.3 is 0 Å². The van der Waals surface area contributed by atoms with E-state index in [0.717, 1.165) is 28.8 Å². The maximum absolute atomic E-state index is 12.8. The number of nitrogens with zero attached hydrogens (tertiary/aromatic N) is 3. The smallest absolute Gasteiger partial charge is 0.262 e. The molecule has 4 nitrogen and oxygen atoms in total. The van der Waals surface area contributed by atoms with Gasteiger partial charge in [-0.3, -0.25) is 14.3 Å². The molecule has 5 heteroatoms. The van der Waals surface area contributed by atoms with Crippen molar-refractivity contribution in [1.82, 2.24) is 14.5 Å². The number of rotatable bonds is 2. The molecule has 3 aromatic rings. The van der Waals surface area contributed by atoms with E-state index in [9.17, 15) is 4.79 Å². The molecule has 0 amide bonds. The van der Waals surface area contributed by atoms with E-state index in [1.165, 1.54) is 23.3 Å². The van der Waals surface area contributed by atoms with Gasteiger partial charge in [0.15, 0.2) is 0 Å². The lowest BCUT2D eigenvalue weighted by Crippen LogP contribution is -2.22. The van der Waals surface area contributed by atoms with Crippen LogP contribution in [-0.4, -0.2) is 14.5 Å². The van der Waals surface area contributed by atoms with E-state index in [0.29, 0.717) is 6.54 Å². The van der Waals surface area contributed by atoms with E-state index in [2.05, 4.69) is 9.97 Å². The van der Waals surface area contributed by atoms with Crippen LogP contribution in [-0.2, 0) is 19.4 Å². The average Bonchev–Trinajstić information content (AvgIpc) is 2.90. The van der Waals surface area contributed by atoms with Crippen molar-refractivity contribution in [2.24, 2.45) is 0 Å². The highest BCUT2D eigenvalue weighted by Crippen LogP contribution is 2.33. The molecule has 0 fully saturated rings. The highest BCUT2D eigenvalue weighted by molar-refractivity contribution is 7.18. The summed E-state index contributed by atoms with van der Waals surface area (Å²) in [6.07, 6.45) is 7.91. The number of aromatic nitrogens is 3. The summed E-state index contributed by atoms with van der Waals surface area (Å²) in [6, 6.07) is 5.74. The minimum absolute atomic E-state index is 0.0741. The number of fused-ring (bicyclic) bond motifs is 3. The predicted octanol–water partition coefficient (Wildman–Crippen LogP) is 2.78. The van der Waals surface area contributed by atoms with Gasteiger partial charge in [-0.05, 0) is 43.4 Å². The quantitative estimate of drug-likeness (QED) is 0.731.